The lowest BCUT2D eigenvalue weighted by Gasteiger charge is -2.12. The fourth-order valence-corrected chi connectivity index (χ4v) is 3.43. The lowest BCUT2D eigenvalue weighted by molar-refractivity contribution is -0.115. The van der Waals surface area contributed by atoms with Crippen molar-refractivity contribution in [2.24, 2.45) is 4.99 Å². The number of amides is 1. The molecular formula is C20H20N2O5S. The predicted molar refractivity (Wildman–Crippen MR) is 110 cm³/mol. The SMILES string of the molecule is COc1ccc(N=C2NC(=O)/C(=C/c3cc(OC)c(OC)c(OC)c3)S2)cc1. The van der Waals surface area contributed by atoms with Crippen molar-refractivity contribution in [3.8, 4) is 23.0 Å². The van der Waals surface area contributed by atoms with Crippen LogP contribution in [0.1, 0.15) is 5.56 Å². The number of carbonyl (C=O) groups is 1. The standard InChI is InChI=1S/C20H20N2O5S/c1-24-14-7-5-13(6-8-14)21-20-22-19(23)17(28-20)11-12-9-15(25-2)18(27-4)16(10-12)26-3/h5-11H,1-4H3,(H,21,22,23)/b17-11-. The number of hydrogen-bond donors (Lipinski definition) is 1. The summed E-state index contributed by atoms with van der Waals surface area (Å²) in [4.78, 5) is 17.3. The molecule has 2 aromatic carbocycles. The number of rotatable bonds is 6. The second-order valence-corrected chi connectivity index (χ2v) is 6.67. The summed E-state index contributed by atoms with van der Waals surface area (Å²) in [7, 11) is 6.24. The largest absolute Gasteiger partial charge is 0.497 e. The van der Waals surface area contributed by atoms with Gasteiger partial charge in [-0.2, -0.15) is 0 Å². The van der Waals surface area contributed by atoms with Gasteiger partial charge in [-0.05, 0) is 59.8 Å². The van der Waals surface area contributed by atoms with Crippen LogP contribution in [0.4, 0.5) is 5.69 Å². The Bertz CT molecular complexity index is 913. The maximum atomic E-state index is 12.3. The zero-order valence-electron chi connectivity index (χ0n) is 15.9. The van der Waals surface area contributed by atoms with Crippen LogP contribution in [0.5, 0.6) is 23.0 Å². The quantitative estimate of drug-likeness (QED) is 0.747. The number of benzene rings is 2. The van der Waals surface area contributed by atoms with Crippen molar-refractivity contribution in [2.45, 2.75) is 0 Å². The molecular weight excluding hydrogens is 380 g/mol. The van der Waals surface area contributed by atoms with Crippen LogP contribution < -0.4 is 24.3 Å². The zero-order chi connectivity index (χ0) is 20.1. The zero-order valence-corrected chi connectivity index (χ0v) is 16.8. The fourth-order valence-electron chi connectivity index (χ4n) is 2.59. The third kappa shape index (κ3) is 4.23. The molecule has 0 unspecified atom stereocenters. The minimum absolute atomic E-state index is 0.217. The van der Waals surface area contributed by atoms with Crippen LogP contribution in [0, 0.1) is 0 Å². The van der Waals surface area contributed by atoms with Gasteiger partial charge in [-0.3, -0.25) is 4.79 Å². The topological polar surface area (TPSA) is 78.4 Å². The number of thioether (sulfide) groups is 1. The van der Waals surface area contributed by atoms with Gasteiger partial charge in [0.1, 0.15) is 5.75 Å². The maximum Gasteiger partial charge on any atom is 0.264 e. The molecule has 7 nitrogen and oxygen atoms in total. The number of nitrogens with one attached hydrogen (secondary N) is 1. The second kappa shape index (κ2) is 8.71. The van der Waals surface area contributed by atoms with Gasteiger partial charge in [0, 0.05) is 0 Å². The van der Waals surface area contributed by atoms with Gasteiger partial charge in [-0.25, -0.2) is 4.99 Å². The summed E-state index contributed by atoms with van der Waals surface area (Å²) in [6.07, 6.45) is 1.75. The first-order valence-corrected chi connectivity index (χ1v) is 9.13. The molecule has 1 amide bonds. The molecule has 8 heteroatoms. The molecule has 1 aliphatic heterocycles. The third-order valence-corrected chi connectivity index (χ3v) is 4.85. The maximum absolute atomic E-state index is 12.3. The summed E-state index contributed by atoms with van der Waals surface area (Å²) in [5.41, 5.74) is 1.47. The second-order valence-electron chi connectivity index (χ2n) is 5.64. The number of aliphatic imine (C=N–C) groups is 1. The summed E-state index contributed by atoms with van der Waals surface area (Å²) < 4.78 is 21.2. The first-order chi connectivity index (χ1) is 13.6. The van der Waals surface area contributed by atoms with E-state index in [-0.39, 0.29) is 5.91 Å². The predicted octanol–water partition coefficient (Wildman–Crippen LogP) is 3.61. The number of ether oxygens (including phenoxy) is 4. The van der Waals surface area contributed by atoms with Gasteiger partial charge < -0.3 is 24.3 Å². The van der Waals surface area contributed by atoms with Crippen LogP contribution >= 0.6 is 11.8 Å². The van der Waals surface area contributed by atoms with Crippen molar-refractivity contribution in [2.75, 3.05) is 28.4 Å². The Morgan fingerprint density at radius 3 is 2.11 bits per heavy atom. The Hall–Kier alpha value is -3.13. The van der Waals surface area contributed by atoms with E-state index in [1.54, 1.807) is 46.6 Å². The minimum atomic E-state index is -0.217. The van der Waals surface area contributed by atoms with Crippen molar-refractivity contribution >= 4 is 34.6 Å². The van der Waals surface area contributed by atoms with E-state index in [1.807, 2.05) is 24.3 Å². The van der Waals surface area contributed by atoms with Crippen LogP contribution in [0.25, 0.3) is 6.08 Å². The van der Waals surface area contributed by atoms with Crippen molar-refractivity contribution in [1.29, 1.82) is 0 Å². The van der Waals surface area contributed by atoms with E-state index < -0.39 is 0 Å². The Balaban J connectivity index is 1.87. The van der Waals surface area contributed by atoms with Crippen molar-refractivity contribution in [1.82, 2.24) is 5.32 Å². The third-order valence-electron chi connectivity index (χ3n) is 3.94. The van der Waals surface area contributed by atoms with E-state index >= 15 is 0 Å². The number of methoxy groups -OCH3 is 4. The molecule has 0 atom stereocenters. The van der Waals surface area contributed by atoms with Crippen molar-refractivity contribution < 1.29 is 23.7 Å². The molecule has 0 spiro atoms. The van der Waals surface area contributed by atoms with E-state index in [1.165, 1.54) is 11.8 Å². The first-order valence-electron chi connectivity index (χ1n) is 8.31. The van der Waals surface area contributed by atoms with Gasteiger partial charge in [-0.15, -0.1) is 0 Å². The molecule has 0 aliphatic carbocycles. The van der Waals surface area contributed by atoms with E-state index in [2.05, 4.69) is 10.3 Å². The molecule has 1 fully saturated rings. The van der Waals surface area contributed by atoms with E-state index in [9.17, 15) is 4.79 Å². The summed E-state index contributed by atoms with van der Waals surface area (Å²) in [5.74, 6) is 2.06. The highest BCUT2D eigenvalue weighted by Crippen LogP contribution is 2.39. The summed E-state index contributed by atoms with van der Waals surface area (Å²) >= 11 is 1.26. The Morgan fingerprint density at radius 1 is 0.929 bits per heavy atom. The molecule has 1 N–H and O–H groups in total. The van der Waals surface area contributed by atoms with Crippen LogP contribution in [0.3, 0.4) is 0 Å². The van der Waals surface area contributed by atoms with E-state index in [0.717, 1.165) is 17.0 Å². The lowest BCUT2D eigenvalue weighted by Crippen LogP contribution is -2.19. The van der Waals surface area contributed by atoms with Gasteiger partial charge >= 0.3 is 0 Å². The monoisotopic (exact) mass is 400 g/mol. The van der Waals surface area contributed by atoms with Gasteiger partial charge in [-0.1, -0.05) is 0 Å². The number of amidine groups is 1. The van der Waals surface area contributed by atoms with E-state index in [4.69, 9.17) is 18.9 Å². The number of hydrogen-bond acceptors (Lipinski definition) is 7. The van der Waals surface area contributed by atoms with Crippen LogP contribution in [0.2, 0.25) is 0 Å². The van der Waals surface area contributed by atoms with Crippen molar-refractivity contribution in [3.05, 3.63) is 46.9 Å². The Kier molecular flexibility index (Phi) is 6.10. The smallest absolute Gasteiger partial charge is 0.264 e. The summed E-state index contributed by atoms with van der Waals surface area (Å²) in [6, 6.07) is 10.8. The summed E-state index contributed by atoms with van der Waals surface area (Å²) in [5, 5.41) is 3.28. The van der Waals surface area contributed by atoms with Gasteiger partial charge in [0.25, 0.3) is 5.91 Å². The molecule has 28 heavy (non-hydrogen) atoms. The Labute approximate surface area is 167 Å². The van der Waals surface area contributed by atoms with Gasteiger partial charge in [0.05, 0.1) is 39.0 Å². The molecule has 3 rings (SSSR count). The number of nitrogens with zero attached hydrogens (tertiary/aromatic N) is 1. The highest BCUT2D eigenvalue weighted by Gasteiger charge is 2.24. The molecule has 146 valence electrons. The average Bonchev–Trinajstić information content (AvgIpc) is 3.06. The molecule has 0 bridgehead atoms. The van der Waals surface area contributed by atoms with Crippen LogP contribution in [-0.2, 0) is 4.79 Å². The average molecular weight is 400 g/mol. The molecule has 1 heterocycles. The molecule has 1 saturated heterocycles. The van der Waals surface area contributed by atoms with Crippen LogP contribution in [0.15, 0.2) is 46.3 Å². The Morgan fingerprint density at radius 2 is 1.57 bits per heavy atom. The fraction of sp³-hybridized carbons (Fsp3) is 0.200. The molecule has 1 aliphatic rings. The van der Waals surface area contributed by atoms with Gasteiger partial charge in [0.15, 0.2) is 16.7 Å². The molecule has 0 aromatic heterocycles. The van der Waals surface area contributed by atoms with Crippen molar-refractivity contribution in [3.63, 3.8) is 0 Å². The highest BCUT2D eigenvalue weighted by atomic mass is 32.2. The van der Waals surface area contributed by atoms with Gasteiger partial charge in [0.2, 0.25) is 5.75 Å². The highest BCUT2D eigenvalue weighted by molar-refractivity contribution is 8.18. The summed E-state index contributed by atoms with van der Waals surface area (Å²) in [6.45, 7) is 0. The number of carbonyl (C=O) groups excluding carboxylic acids is 1. The molecule has 0 saturated carbocycles. The normalized spacial score (nSPS) is 16.2. The van der Waals surface area contributed by atoms with E-state index in [0.29, 0.717) is 27.3 Å². The van der Waals surface area contributed by atoms with Crippen LogP contribution in [-0.4, -0.2) is 39.5 Å². The molecule has 2 aromatic rings. The minimum Gasteiger partial charge on any atom is -0.497 e. The first kappa shape index (κ1) is 19.6. The molecule has 0 radical (unpaired) electrons. The lowest BCUT2D eigenvalue weighted by atomic mass is 10.1.